The lowest BCUT2D eigenvalue weighted by molar-refractivity contribution is 0.302. The van der Waals surface area contributed by atoms with E-state index in [0.717, 1.165) is 32.7 Å². The fourth-order valence-corrected chi connectivity index (χ4v) is 2.47. The molecule has 0 aromatic heterocycles. The summed E-state index contributed by atoms with van der Waals surface area (Å²) >= 11 is 1.82. The molecular weight excluding hydrogens is 228 g/mol. The first kappa shape index (κ1) is 14.6. The van der Waals surface area contributed by atoms with Crippen molar-refractivity contribution in [3.8, 4) is 0 Å². The van der Waals surface area contributed by atoms with E-state index in [1.165, 1.54) is 10.5 Å². The molecule has 0 aliphatic carbocycles. The quantitative estimate of drug-likeness (QED) is 0.566. The predicted octanol–water partition coefficient (Wildman–Crippen LogP) is 2.84. The van der Waals surface area contributed by atoms with Gasteiger partial charge in [-0.1, -0.05) is 32.0 Å². The third-order valence-electron chi connectivity index (χ3n) is 3.01. The minimum atomic E-state index is 0.971. The van der Waals surface area contributed by atoms with Crippen LogP contribution in [0.1, 0.15) is 19.4 Å². The van der Waals surface area contributed by atoms with Crippen molar-refractivity contribution in [3.63, 3.8) is 0 Å². The van der Waals surface area contributed by atoms with Crippen LogP contribution in [-0.4, -0.2) is 37.3 Å². The highest BCUT2D eigenvalue weighted by molar-refractivity contribution is 7.98. The van der Waals surface area contributed by atoms with E-state index in [4.69, 9.17) is 0 Å². The van der Waals surface area contributed by atoms with Gasteiger partial charge in [-0.05, 0) is 31.0 Å². The fourth-order valence-electron chi connectivity index (χ4n) is 1.85. The predicted molar refractivity (Wildman–Crippen MR) is 77.7 cm³/mol. The maximum absolute atomic E-state index is 3.52. The molecule has 0 heterocycles. The SMILES string of the molecule is CCN(CC)CCNCc1ccccc1SC. The topological polar surface area (TPSA) is 15.3 Å². The lowest BCUT2D eigenvalue weighted by Gasteiger charge is -2.18. The van der Waals surface area contributed by atoms with Crippen molar-refractivity contribution < 1.29 is 0 Å². The highest BCUT2D eigenvalue weighted by Gasteiger charge is 2.01. The minimum absolute atomic E-state index is 0.971. The molecule has 2 nitrogen and oxygen atoms in total. The van der Waals surface area contributed by atoms with Gasteiger partial charge in [0, 0.05) is 24.5 Å². The monoisotopic (exact) mass is 252 g/mol. The Kier molecular flexibility index (Phi) is 7.33. The lowest BCUT2D eigenvalue weighted by Crippen LogP contribution is -2.31. The van der Waals surface area contributed by atoms with Crippen molar-refractivity contribution in [1.82, 2.24) is 10.2 Å². The van der Waals surface area contributed by atoms with Crippen LogP contribution in [0.5, 0.6) is 0 Å². The summed E-state index contributed by atoms with van der Waals surface area (Å²) in [4.78, 5) is 3.82. The van der Waals surface area contributed by atoms with Crippen molar-refractivity contribution in [1.29, 1.82) is 0 Å². The van der Waals surface area contributed by atoms with Crippen LogP contribution in [0.3, 0.4) is 0 Å². The Morgan fingerprint density at radius 1 is 1.18 bits per heavy atom. The van der Waals surface area contributed by atoms with Crippen molar-refractivity contribution in [3.05, 3.63) is 29.8 Å². The van der Waals surface area contributed by atoms with E-state index in [-0.39, 0.29) is 0 Å². The molecule has 0 atom stereocenters. The zero-order valence-electron chi connectivity index (χ0n) is 11.2. The number of hydrogen-bond donors (Lipinski definition) is 1. The molecule has 0 bridgehead atoms. The highest BCUT2D eigenvalue weighted by Crippen LogP contribution is 2.19. The Morgan fingerprint density at radius 2 is 1.88 bits per heavy atom. The van der Waals surface area contributed by atoms with E-state index in [0.29, 0.717) is 0 Å². The smallest absolute Gasteiger partial charge is 0.0217 e. The van der Waals surface area contributed by atoms with E-state index in [1.807, 2.05) is 11.8 Å². The molecule has 17 heavy (non-hydrogen) atoms. The van der Waals surface area contributed by atoms with Gasteiger partial charge in [-0.3, -0.25) is 0 Å². The Bertz CT molecular complexity index is 311. The number of likely N-dealkylation sites (N-methyl/N-ethyl adjacent to an activating group) is 1. The first-order valence-corrected chi connectivity index (χ1v) is 7.59. The largest absolute Gasteiger partial charge is 0.311 e. The molecule has 1 rings (SSSR count). The van der Waals surface area contributed by atoms with Crippen LogP contribution >= 0.6 is 11.8 Å². The van der Waals surface area contributed by atoms with E-state index in [2.05, 4.69) is 54.6 Å². The second kappa shape index (κ2) is 8.56. The van der Waals surface area contributed by atoms with Crippen LogP contribution in [-0.2, 0) is 6.54 Å². The molecule has 0 aliphatic rings. The molecule has 96 valence electrons. The van der Waals surface area contributed by atoms with Gasteiger partial charge in [0.2, 0.25) is 0 Å². The first-order chi connectivity index (χ1) is 8.31. The molecule has 0 fully saturated rings. The number of nitrogens with one attached hydrogen (secondary N) is 1. The maximum atomic E-state index is 3.52. The Hall–Kier alpha value is -0.510. The average molecular weight is 252 g/mol. The molecule has 1 N–H and O–H groups in total. The lowest BCUT2D eigenvalue weighted by atomic mass is 10.2. The molecule has 1 aromatic rings. The average Bonchev–Trinajstić information content (AvgIpc) is 2.39. The van der Waals surface area contributed by atoms with Crippen LogP contribution in [0.4, 0.5) is 0 Å². The Balaban J connectivity index is 2.30. The normalized spacial score (nSPS) is 11.1. The van der Waals surface area contributed by atoms with Gasteiger partial charge < -0.3 is 10.2 Å². The van der Waals surface area contributed by atoms with Crippen LogP contribution in [0.25, 0.3) is 0 Å². The second-order valence-corrected chi connectivity index (χ2v) is 4.86. The van der Waals surface area contributed by atoms with E-state index in [1.54, 1.807) is 0 Å². The zero-order valence-corrected chi connectivity index (χ0v) is 12.0. The van der Waals surface area contributed by atoms with Gasteiger partial charge in [0.05, 0.1) is 0 Å². The number of thioether (sulfide) groups is 1. The summed E-state index contributed by atoms with van der Waals surface area (Å²) < 4.78 is 0. The van der Waals surface area contributed by atoms with Crippen LogP contribution in [0.2, 0.25) is 0 Å². The van der Waals surface area contributed by atoms with Gasteiger partial charge in [-0.25, -0.2) is 0 Å². The molecule has 0 saturated carbocycles. The number of benzene rings is 1. The summed E-state index contributed by atoms with van der Waals surface area (Å²) in [5.74, 6) is 0. The zero-order chi connectivity index (χ0) is 12.5. The summed E-state index contributed by atoms with van der Waals surface area (Å²) in [7, 11) is 0. The van der Waals surface area contributed by atoms with Gasteiger partial charge in [0.1, 0.15) is 0 Å². The van der Waals surface area contributed by atoms with Crippen molar-refractivity contribution in [2.75, 3.05) is 32.4 Å². The molecule has 0 saturated heterocycles. The molecule has 0 unspecified atom stereocenters. The molecule has 0 amide bonds. The van der Waals surface area contributed by atoms with Gasteiger partial charge in [-0.15, -0.1) is 11.8 Å². The maximum Gasteiger partial charge on any atom is 0.0217 e. The summed E-state index contributed by atoms with van der Waals surface area (Å²) in [6, 6.07) is 8.61. The number of nitrogens with zero attached hydrogens (tertiary/aromatic N) is 1. The Morgan fingerprint density at radius 3 is 2.53 bits per heavy atom. The van der Waals surface area contributed by atoms with E-state index < -0.39 is 0 Å². The van der Waals surface area contributed by atoms with Crippen molar-refractivity contribution >= 4 is 11.8 Å². The summed E-state index contributed by atoms with van der Waals surface area (Å²) in [6.45, 7) is 9.87. The van der Waals surface area contributed by atoms with Crippen LogP contribution in [0, 0.1) is 0 Å². The molecule has 0 aliphatic heterocycles. The fraction of sp³-hybridized carbons (Fsp3) is 0.571. The summed E-state index contributed by atoms with van der Waals surface area (Å²) in [6.07, 6.45) is 2.13. The first-order valence-electron chi connectivity index (χ1n) is 6.36. The number of hydrogen-bond acceptors (Lipinski definition) is 3. The van der Waals surface area contributed by atoms with E-state index >= 15 is 0 Å². The summed E-state index contributed by atoms with van der Waals surface area (Å²) in [5, 5.41) is 3.52. The van der Waals surface area contributed by atoms with Gasteiger partial charge in [0.15, 0.2) is 0 Å². The molecule has 0 radical (unpaired) electrons. The van der Waals surface area contributed by atoms with E-state index in [9.17, 15) is 0 Å². The third kappa shape index (κ3) is 5.11. The highest BCUT2D eigenvalue weighted by atomic mass is 32.2. The van der Waals surface area contributed by atoms with Crippen LogP contribution < -0.4 is 5.32 Å². The summed E-state index contributed by atoms with van der Waals surface area (Å²) in [5.41, 5.74) is 1.40. The Labute approximate surface area is 110 Å². The standard InChI is InChI=1S/C14H24N2S/c1-4-16(5-2)11-10-15-12-13-8-6-7-9-14(13)17-3/h6-9,15H,4-5,10-12H2,1-3H3. The van der Waals surface area contributed by atoms with Gasteiger partial charge >= 0.3 is 0 Å². The van der Waals surface area contributed by atoms with Crippen LogP contribution in [0.15, 0.2) is 29.2 Å². The number of rotatable bonds is 8. The third-order valence-corrected chi connectivity index (χ3v) is 3.85. The molecule has 3 heteroatoms. The van der Waals surface area contributed by atoms with Gasteiger partial charge in [0.25, 0.3) is 0 Å². The molecular formula is C14H24N2S. The molecule has 1 aromatic carbocycles. The second-order valence-electron chi connectivity index (χ2n) is 4.02. The van der Waals surface area contributed by atoms with Crippen molar-refractivity contribution in [2.45, 2.75) is 25.3 Å². The minimum Gasteiger partial charge on any atom is -0.311 e. The molecule has 0 spiro atoms. The van der Waals surface area contributed by atoms with Crippen molar-refractivity contribution in [2.24, 2.45) is 0 Å². The van der Waals surface area contributed by atoms with Gasteiger partial charge in [-0.2, -0.15) is 0 Å².